The highest BCUT2D eigenvalue weighted by molar-refractivity contribution is 5.85. The molecule has 2 saturated heterocycles. The molecule has 0 spiro atoms. The molecule has 0 unspecified atom stereocenters. The maximum absolute atomic E-state index is 13.1. The first kappa shape index (κ1) is 22.1. The number of aromatic nitrogens is 4. The van der Waals surface area contributed by atoms with Gasteiger partial charge in [0, 0.05) is 56.1 Å². The number of likely N-dealkylation sites (N-methyl/N-ethyl adjacent to an activating group) is 1. The van der Waals surface area contributed by atoms with Crippen LogP contribution in [0.25, 0.3) is 0 Å². The van der Waals surface area contributed by atoms with Crippen LogP contribution in [0.5, 0.6) is 0 Å². The van der Waals surface area contributed by atoms with Crippen LogP contribution < -0.4 is 10.2 Å². The molecule has 0 bridgehead atoms. The predicted octanol–water partition coefficient (Wildman–Crippen LogP) is 3.16. The first-order chi connectivity index (χ1) is 16.2. The summed E-state index contributed by atoms with van der Waals surface area (Å²) in [7, 11) is 0. The van der Waals surface area contributed by atoms with E-state index in [1.54, 1.807) is 0 Å². The van der Waals surface area contributed by atoms with E-state index in [2.05, 4.69) is 26.5 Å². The van der Waals surface area contributed by atoms with Gasteiger partial charge >= 0.3 is 0 Å². The van der Waals surface area contributed by atoms with Crippen molar-refractivity contribution < 1.29 is 9.53 Å². The molecule has 0 aromatic carbocycles. The number of ether oxygens (including phenoxy) is 1. The highest BCUT2D eigenvalue weighted by Gasteiger charge is 2.35. The first-order valence-corrected chi connectivity index (χ1v) is 12.5. The van der Waals surface area contributed by atoms with Crippen LogP contribution in [0, 0.1) is 0 Å². The van der Waals surface area contributed by atoms with E-state index >= 15 is 0 Å². The van der Waals surface area contributed by atoms with Gasteiger partial charge in [-0.1, -0.05) is 0 Å². The molecule has 3 aliphatic rings. The van der Waals surface area contributed by atoms with Gasteiger partial charge in [0.2, 0.25) is 11.9 Å². The largest absolute Gasteiger partial charge is 0.381 e. The number of carbonyl (C=O) groups excluding carboxylic acids is 1. The smallest absolute Gasteiger partial charge is 0.245 e. The Balaban J connectivity index is 1.40. The Labute approximate surface area is 195 Å². The van der Waals surface area contributed by atoms with Crippen LogP contribution in [0.4, 0.5) is 17.6 Å². The van der Waals surface area contributed by atoms with Gasteiger partial charge in [-0.05, 0) is 58.8 Å². The zero-order chi connectivity index (χ0) is 22.8. The van der Waals surface area contributed by atoms with E-state index in [0.29, 0.717) is 11.9 Å². The molecule has 5 rings (SSSR count). The summed E-state index contributed by atoms with van der Waals surface area (Å²) in [6.45, 7) is 7.95. The van der Waals surface area contributed by atoms with E-state index in [1.807, 2.05) is 18.7 Å². The molecule has 4 heterocycles. The Bertz CT molecular complexity index is 981. The highest BCUT2D eigenvalue weighted by Crippen LogP contribution is 2.33. The van der Waals surface area contributed by atoms with Crippen molar-refractivity contribution in [3.05, 3.63) is 23.0 Å². The fourth-order valence-corrected chi connectivity index (χ4v) is 5.40. The van der Waals surface area contributed by atoms with Gasteiger partial charge in [-0.15, -0.1) is 0 Å². The standard InChI is InChI=1S/C24H35N7O2/c1-3-30(4-2)23(32)20-9-6-12-31(20)24-25-18-8-5-7-17(18)22(27-24)26-21-15-19(28-29-21)16-10-13-33-14-11-16/h15-16,20H,3-14H2,1-2H3,(H2,25,26,27,28,29)/t20-/m0/s1. The molecule has 2 N–H and O–H groups in total. The minimum atomic E-state index is -0.178. The zero-order valence-electron chi connectivity index (χ0n) is 19.8. The van der Waals surface area contributed by atoms with E-state index in [9.17, 15) is 4.79 Å². The molecule has 2 aromatic rings. The van der Waals surface area contributed by atoms with E-state index in [1.165, 1.54) is 5.56 Å². The van der Waals surface area contributed by atoms with Crippen molar-refractivity contribution in [2.24, 2.45) is 0 Å². The number of nitrogens with one attached hydrogen (secondary N) is 2. The van der Waals surface area contributed by atoms with Crippen molar-refractivity contribution in [3.8, 4) is 0 Å². The summed E-state index contributed by atoms with van der Waals surface area (Å²) in [5.41, 5.74) is 3.43. The Morgan fingerprint density at radius 1 is 1.18 bits per heavy atom. The van der Waals surface area contributed by atoms with Gasteiger partial charge < -0.3 is 19.9 Å². The minimum absolute atomic E-state index is 0.178. The summed E-state index contributed by atoms with van der Waals surface area (Å²) in [5.74, 6) is 2.93. The van der Waals surface area contributed by atoms with Crippen LogP contribution >= 0.6 is 0 Å². The Morgan fingerprint density at radius 3 is 2.79 bits per heavy atom. The molecule has 1 amide bonds. The lowest BCUT2D eigenvalue weighted by Crippen LogP contribution is -2.46. The molecule has 1 atom stereocenters. The first-order valence-electron chi connectivity index (χ1n) is 12.5. The molecular formula is C24H35N7O2. The molecule has 1 aliphatic carbocycles. The quantitative estimate of drug-likeness (QED) is 0.664. The summed E-state index contributed by atoms with van der Waals surface area (Å²) < 4.78 is 5.49. The molecule has 9 heteroatoms. The summed E-state index contributed by atoms with van der Waals surface area (Å²) in [5, 5.41) is 11.2. The Hall–Kier alpha value is -2.68. The number of aromatic amines is 1. The molecule has 0 radical (unpaired) electrons. The molecule has 2 fully saturated rings. The van der Waals surface area contributed by atoms with Crippen molar-refractivity contribution in [2.75, 3.05) is 43.1 Å². The van der Waals surface area contributed by atoms with Gasteiger partial charge in [-0.25, -0.2) is 4.98 Å². The van der Waals surface area contributed by atoms with Gasteiger partial charge in [0.15, 0.2) is 5.82 Å². The lowest BCUT2D eigenvalue weighted by molar-refractivity contribution is -0.132. The summed E-state index contributed by atoms with van der Waals surface area (Å²) in [6, 6.07) is 1.92. The monoisotopic (exact) mass is 453 g/mol. The van der Waals surface area contributed by atoms with Crippen LogP contribution in [-0.4, -0.2) is 69.9 Å². The number of anilines is 3. The second-order valence-corrected chi connectivity index (χ2v) is 9.23. The number of rotatable bonds is 7. The third-order valence-corrected chi connectivity index (χ3v) is 7.30. The summed E-state index contributed by atoms with van der Waals surface area (Å²) in [6.07, 6.45) is 6.88. The number of nitrogens with zero attached hydrogens (tertiary/aromatic N) is 5. The van der Waals surface area contributed by atoms with Crippen molar-refractivity contribution in [1.29, 1.82) is 0 Å². The fraction of sp³-hybridized carbons (Fsp3) is 0.667. The van der Waals surface area contributed by atoms with Crippen LogP contribution in [0.2, 0.25) is 0 Å². The van der Waals surface area contributed by atoms with E-state index < -0.39 is 0 Å². The van der Waals surface area contributed by atoms with E-state index in [4.69, 9.17) is 14.7 Å². The number of aryl methyl sites for hydroxylation is 1. The summed E-state index contributed by atoms with van der Waals surface area (Å²) in [4.78, 5) is 27.0. The normalized spacial score (nSPS) is 20.8. The highest BCUT2D eigenvalue weighted by atomic mass is 16.5. The van der Waals surface area contributed by atoms with Crippen molar-refractivity contribution in [3.63, 3.8) is 0 Å². The van der Waals surface area contributed by atoms with Gasteiger partial charge in [-0.2, -0.15) is 10.1 Å². The van der Waals surface area contributed by atoms with Crippen molar-refractivity contribution >= 4 is 23.5 Å². The lowest BCUT2D eigenvalue weighted by atomic mass is 9.97. The number of hydrogen-bond donors (Lipinski definition) is 2. The molecule has 2 aliphatic heterocycles. The number of amides is 1. The third kappa shape index (κ3) is 4.43. The van der Waals surface area contributed by atoms with Gasteiger partial charge in [0.1, 0.15) is 11.9 Å². The zero-order valence-corrected chi connectivity index (χ0v) is 19.8. The van der Waals surface area contributed by atoms with Crippen molar-refractivity contribution in [1.82, 2.24) is 25.1 Å². The Morgan fingerprint density at radius 2 is 2.00 bits per heavy atom. The molecule has 0 saturated carbocycles. The molecule has 33 heavy (non-hydrogen) atoms. The van der Waals surface area contributed by atoms with E-state index in [-0.39, 0.29) is 11.9 Å². The second kappa shape index (κ2) is 9.67. The fourth-order valence-electron chi connectivity index (χ4n) is 5.40. The molecular weight excluding hydrogens is 418 g/mol. The number of H-pyrrole nitrogens is 1. The lowest BCUT2D eigenvalue weighted by Gasteiger charge is -2.29. The van der Waals surface area contributed by atoms with Crippen LogP contribution in [0.3, 0.4) is 0 Å². The van der Waals surface area contributed by atoms with Crippen molar-refractivity contribution in [2.45, 2.75) is 70.8 Å². The molecule has 2 aromatic heterocycles. The summed E-state index contributed by atoms with van der Waals surface area (Å²) >= 11 is 0. The average Bonchev–Trinajstić information content (AvgIpc) is 3.60. The number of carbonyl (C=O) groups is 1. The second-order valence-electron chi connectivity index (χ2n) is 9.23. The number of hydrogen-bond acceptors (Lipinski definition) is 7. The molecule has 9 nitrogen and oxygen atoms in total. The topological polar surface area (TPSA) is 99.3 Å². The van der Waals surface area contributed by atoms with Crippen LogP contribution in [0.1, 0.15) is 68.8 Å². The maximum atomic E-state index is 13.1. The maximum Gasteiger partial charge on any atom is 0.245 e. The van der Waals surface area contributed by atoms with Gasteiger partial charge in [0.05, 0.1) is 5.69 Å². The SMILES string of the molecule is CCN(CC)C(=O)[C@@H]1CCCN1c1nc2c(c(Nc3cc(C4CCOCC4)[nH]n3)n1)CCC2. The van der Waals surface area contributed by atoms with Gasteiger partial charge in [-0.3, -0.25) is 9.89 Å². The van der Waals surface area contributed by atoms with Crippen LogP contribution in [0.15, 0.2) is 6.07 Å². The minimum Gasteiger partial charge on any atom is -0.381 e. The van der Waals surface area contributed by atoms with Crippen LogP contribution in [-0.2, 0) is 22.4 Å². The molecule has 178 valence electrons. The Kier molecular flexibility index (Phi) is 6.48. The van der Waals surface area contributed by atoms with Gasteiger partial charge in [0.25, 0.3) is 0 Å². The third-order valence-electron chi connectivity index (χ3n) is 7.30. The average molecular weight is 454 g/mol. The van der Waals surface area contributed by atoms with E-state index in [0.717, 1.165) is 101 Å². The number of fused-ring (bicyclic) bond motifs is 1. The predicted molar refractivity (Wildman–Crippen MR) is 127 cm³/mol.